The van der Waals surface area contributed by atoms with E-state index in [-0.39, 0.29) is 36.8 Å². The van der Waals surface area contributed by atoms with Crippen molar-refractivity contribution < 1.29 is 27.4 Å². The van der Waals surface area contributed by atoms with E-state index >= 15 is 0 Å². The fourth-order valence-electron chi connectivity index (χ4n) is 3.96. The lowest BCUT2D eigenvalue weighted by Gasteiger charge is -2.39. The zero-order valence-electron chi connectivity index (χ0n) is 17.1. The Kier molecular flexibility index (Phi) is 6.57. The normalized spacial score (nSPS) is 22.0. The molecule has 0 spiro atoms. The molecule has 2 aromatic rings. The zero-order chi connectivity index (χ0) is 22.8. The summed E-state index contributed by atoms with van der Waals surface area (Å²) >= 11 is 5.82. The quantitative estimate of drug-likeness (QED) is 0.598. The zero-order valence-corrected chi connectivity index (χ0v) is 17.9. The van der Waals surface area contributed by atoms with Crippen molar-refractivity contribution in [3.63, 3.8) is 0 Å². The van der Waals surface area contributed by atoms with Crippen molar-refractivity contribution in [3.05, 3.63) is 35.1 Å². The van der Waals surface area contributed by atoms with Crippen molar-refractivity contribution in [1.29, 1.82) is 0 Å². The largest absolute Gasteiger partial charge is 0.522 e. The molecule has 8 nitrogen and oxygen atoms in total. The first-order chi connectivity index (χ1) is 15.2. The highest BCUT2D eigenvalue weighted by atomic mass is 35.5. The number of amides is 1. The second-order valence-electron chi connectivity index (χ2n) is 8.22. The summed E-state index contributed by atoms with van der Waals surface area (Å²) in [5.41, 5.74) is -0.270. The van der Waals surface area contributed by atoms with Gasteiger partial charge in [-0.1, -0.05) is 18.0 Å². The van der Waals surface area contributed by atoms with Crippen molar-refractivity contribution in [3.8, 4) is 5.75 Å². The third kappa shape index (κ3) is 5.50. The highest BCUT2D eigenvalue weighted by Crippen LogP contribution is 2.45. The number of aromatic nitrogens is 4. The third-order valence-electron chi connectivity index (χ3n) is 6.02. The molecule has 0 bridgehead atoms. The Balaban J connectivity index is 1.23. The molecule has 1 N–H and O–H groups in total. The highest BCUT2D eigenvalue weighted by molar-refractivity contribution is 6.30. The van der Waals surface area contributed by atoms with Crippen LogP contribution in [-0.4, -0.2) is 51.7 Å². The van der Waals surface area contributed by atoms with E-state index in [1.165, 1.54) is 4.80 Å². The van der Waals surface area contributed by atoms with Gasteiger partial charge in [0, 0.05) is 17.0 Å². The smallest absolute Gasteiger partial charge is 0.484 e. The molecular formula is C20H23ClF3N5O3. The van der Waals surface area contributed by atoms with E-state index in [1.54, 1.807) is 24.3 Å². The summed E-state index contributed by atoms with van der Waals surface area (Å²) < 4.78 is 46.3. The average Bonchev–Trinajstić information content (AvgIpc) is 3.15. The SMILES string of the molecule is O=C(COc1ccc(Cl)cc1)NCCC1(c2nnn([C@H]3C[C@@H](OC(F)(F)F)C3)n2)CCC1. The summed E-state index contributed by atoms with van der Waals surface area (Å²) in [6.07, 6.45) is -1.67. The standard InChI is InChI=1S/C20H23ClF3N5O3/c21-13-2-4-15(5-3-13)31-12-17(30)25-9-8-19(6-1-7-19)18-26-28-29(27-18)14-10-16(11-14)32-20(22,23)24/h2-5,14,16H,1,6-12H2,(H,25,30)/t14-,16+. The highest BCUT2D eigenvalue weighted by Gasteiger charge is 2.45. The van der Waals surface area contributed by atoms with E-state index in [0.717, 1.165) is 19.3 Å². The number of nitrogens with zero attached hydrogens (tertiary/aromatic N) is 4. The van der Waals surface area contributed by atoms with E-state index in [0.29, 0.717) is 29.6 Å². The predicted molar refractivity (Wildman–Crippen MR) is 107 cm³/mol. The molecule has 1 aromatic carbocycles. The molecule has 0 aliphatic heterocycles. The molecule has 32 heavy (non-hydrogen) atoms. The summed E-state index contributed by atoms with van der Waals surface area (Å²) in [5, 5.41) is 16.1. The number of benzene rings is 1. The van der Waals surface area contributed by atoms with Gasteiger partial charge in [0.1, 0.15) is 5.75 Å². The molecule has 4 rings (SSSR count). The molecule has 2 aliphatic rings. The van der Waals surface area contributed by atoms with Crippen molar-refractivity contribution in [2.75, 3.05) is 13.2 Å². The number of nitrogens with one attached hydrogen (secondary N) is 1. The van der Waals surface area contributed by atoms with Crippen LogP contribution in [0.4, 0.5) is 13.2 Å². The first kappa shape index (κ1) is 22.8. The number of tetrazole rings is 1. The second kappa shape index (κ2) is 9.22. The molecule has 2 aliphatic carbocycles. The number of halogens is 4. The van der Waals surface area contributed by atoms with Crippen molar-refractivity contribution in [2.24, 2.45) is 0 Å². The lowest BCUT2D eigenvalue weighted by atomic mass is 9.66. The van der Waals surface area contributed by atoms with E-state index in [2.05, 4.69) is 25.5 Å². The third-order valence-corrected chi connectivity index (χ3v) is 6.27. The topological polar surface area (TPSA) is 91.2 Å². The number of carbonyl (C=O) groups excluding carboxylic acids is 1. The van der Waals surface area contributed by atoms with Gasteiger partial charge in [-0.3, -0.25) is 9.53 Å². The summed E-state index contributed by atoms with van der Waals surface area (Å²) in [5.74, 6) is 0.895. The molecule has 2 fully saturated rings. The monoisotopic (exact) mass is 473 g/mol. The first-order valence-corrected chi connectivity index (χ1v) is 10.8. The molecule has 0 radical (unpaired) electrons. The number of hydrogen-bond acceptors (Lipinski definition) is 6. The Morgan fingerprint density at radius 1 is 1.25 bits per heavy atom. The molecule has 1 aromatic heterocycles. The minimum atomic E-state index is -4.63. The van der Waals surface area contributed by atoms with Gasteiger partial charge in [-0.05, 0) is 61.6 Å². The van der Waals surface area contributed by atoms with Crippen LogP contribution >= 0.6 is 11.6 Å². The van der Waals surface area contributed by atoms with Crippen LogP contribution in [0.15, 0.2) is 24.3 Å². The number of alkyl halides is 3. The second-order valence-corrected chi connectivity index (χ2v) is 8.66. The van der Waals surface area contributed by atoms with E-state index < -0.39 is 12.5 Å². The Labute approximate surface area is 187 Å². The van der Waals surface area contributed by atoms with Gasteiger partial charge in [0.2, 0.25) is 0 Å². The minimum absolute atomic E-state index is 0.105. The number of ether oxygens (including phenoxy) is 2. The van der Waals surface area contributed by atoms with Crippen LogP contribution in [0.2, 0.25) is 5.02 Å². The van der Waals surface area contributed by atoms with Crippen LogP contribution in [0.3, 0.4) is 0 Å². The van der Waals surface area contributed by atoms with Crippen molar-refractivity contribution in [2.45, 2.75) is 62.4 Å². The predicted octanol–water partition coefficient (Wildman–Crippen LogP) is 3.57. The molecule has 2 saturated carbocycles. The Morgan fingerprint density at radius 3 is 2.59 bits per heavy atom. The molecule has 0 atom stereocenters. The Bertz CT molecular complexity index is 927. The summed E-state index contributed by atoms with van der Waals surface area (Å²) in [4.78, 5) is 13.5. The number of hydrogen-bond donors (Lipinski definition) is 1. The molecule has 174 valence electrons. The number of carbonyl (C=O) groups is 1. The fraction of sp³-hybridized carbons (Fsp3) is 0.600. The summed E-state index contributed by atoms with van der Waals surface area (Å²) in [6.45, 7) is 0.328. The average molecular weight is 474 g/mol. The molecule has 12 heteroatoms. The van der Waals surface area contributed by atoms with E-state index in [1.807, 2.05) is 0 Å². The lowest BCUT2D eigenvalue weighted by Crippen LogP contribution is -2.41. The molecular weight excluding hydrogens is 451 g/mol. The van der Waals surface area contributed by atoms with E-state index in [9.17, 15) is 18.0 Å². The van der Waals surface area contributed by atoms with Gasteiger partial charge in [-0.15, -0.1) is 23.4 Å². The number of rotatable bonds is 9. The van der Waals surface area contributed by atoms with Crippen LogP contribution in [-0.2, 0) is 14.9 Å². The maximum atomic E-state index is 12.3. The van der Waals surface area contributed by atoms with Gasteiger partial charge in [0.05, 0.1) is 12.1 Å². The van der Waals surface area contributed by atoms with Gasteiger partial charge in [0.15, 0.2) is 12.4 Å². The van der Waals surface area contributed by atoms with Gasteiger partial charge in [0.25, 0.3) is 5.91 Å². The van der Waals surface area contributed by atoms with Gasteiger partial charge >= 0.3 is 6.36 Å². The lowest BCUT2D eigenvalue weighted by molar-refractivity contribution is -0.353. The van der Waals surface area contributed by atoms with Crippen LogP contribution in [0.5, 0.6) is 5.75 Å². The fourth-order valence-corrected chi connectivity index (χ4v) is 4.09. The first-order valence-electron chi connectivity index (χ1n) is 10.4. The Morgan fingerprint density at radius 2 is 1.97 bits per heavy atom. The Hall–Kier alpha value is -2.40. The van der Waals surface area contributed by atoms with E-state index in [4.69, 9.17) is 16.3 Å². The minimum Gasteiger partial charge on any atom is -0.484 e. The molecule has 0 saturated heterocycles. The van der Waals surface area contributed by atoms with Gasteiger partial charge in [-0.25, -0.2) is 0 Å². The van der Waals surface area contributed by atoms with Crippen LogP contribution < -0.4 is 10.1 Å². The van der Waals surface area contributed by atoms with Crippen LogP contribution in [0, 0.1) is 0 Å². The molecule has 0 unspecified atom stereocenters. The van der Waals surface area contributed by atoms with Crippen LogP contribution in [0.1, 0.15) is 50.4 Å². The van der Waals surface area contributed by atoms with Crippen molar-refractivity contribution >= 4 is 17.5 Å². The molecule has 1 amide bonds. The van der Waals surface area contributed by atoms with Gasteiger partial charge in [-0.2, -0.15) is 4.80 Å². The summed E-state index contributed by atoms with van der Waals surface area (Å²) in [6, 6.07) is 6.50. The van der Waals surface area contributed by atoms with Crippen LogP contribution in [0.25, 0.3) is 0 Å². The van der Waals surface area contributed by atoms with Gasteiger partial charge < -0.3 is 10.1 Å². The van der Waals surface area contributed by atoms with Crippen molar-refractivity contribution in [1.82, 2.24) is 25.5 Å². The summed E-state index contributed by atoms with van der Waals surface area (Å²) in [7, 11) is 0. The maximum absolute atomic E-state index is 12.3. The molecule has 1 heterocycles. The maximum Gasteiger partial charge on any atom is 0.522 e.